The van der Waals surface area contributed by atoms with Gasteiger partial charge in [0.2, 0.25) is 0 Å². The molecule has 3 aromatic carbocycles. The topological polar surface area (TPSA) is 72.6 Å². The lowest BCUT2D eigenvalue weighted by Gasteiger charge is -2.22. The van der Waals surface area contributed by atoms with Crippen molar-refractivity contribution in [1.82, 2.24) is 19.8 Å². The minimum Gasteiger partial charge on any atom is -0.497 e. The van der Waals surface area contributed by atoms with E-state index in [-0.39, 0.29) is 17.7 Å². The number of thioether (sulfide) groups is 1. The summed E-state index contributed by atoms with van der Waals surface area (Å²) in [4.78, 5) is 13.5. The lowest BCUT2D eigenvalue weighted by molar-refractivity contribution is -0.130. The fourth-order valence-corrected chi connectivity index (χ4v) is 5.08. The molecule has 1 amide bonds. The molecule has 0 radical (unpaired) electrons. The molecule has 36 heavy (non-hydrogen) atoms. The fraction of sp³-hybridized carbons (Fsp3) is 0.214. The summed E-state index contributed by atoms with van der Waals surface area (Å²) in [5.74, 6) is 1.74. The van der Waals surface area contributed by atoms with Crippen molar-refractivity contribution in [2.24, 2.45) is 5.10 Å². The van der Waals surface area contributed by atoms with Crippen LogP contribution in [0.4, 0.5) is 0 Å². The van der Waals surface area contributed by atoms with Gasteiger partial charge in [-0.3, -0.25) is 4.79 Å². The second-order valence-electron chi connectivity index (χ2n) is 8.53. The number of benzene rings is 3. The van der Waals surface area contributed by atoms with Gasteiger partial charge in [0.05, 0.1) is 31.2 Å². The molecule has 0 spiro atoms. The maximum absolute atomic E-state index is 13.5. The average molecular weight is 498 g/mol. The lowest BCUT2D eigenvalue weighted by atomic mass is 9.98. The highest BCUT2D eigenvalue weighted by atomic mass is 32.2. The summed E-state index contributed by atoms with van der Waals surface area (Å²) in [7, 11) is 1.65. The van der Waals surface area contributed by atoms with Crippen molar-refractivity contribution in [2.75, 3.05) is 12.9 Å². The number of hydrogen-bond acceptors (Lipinski definition) is 6. The van der Waals surface area contributed by atoms with E-state index in [1.54, 1.807) is 12.1 Å². The Hall–Kier alpha value is -3.91. The van der Waals surface area contributed by atoms with Gasteiger partial charge in [0.15, 0.2) is 5.16 Å². The van der Waals surface area contributed by atoms with Gasteiger partial charge in [-0.1, -0.05) is 84.6 Å². The summed E-state index contributed by atoms with van der Waals surface area (Å²) >= 11 is 1.39. The van der Waals surface area contributed by atoms with Gasteiger partial charge in [-0.15, -0.1) is 10.2 Å². The molecule has 4 aromatic rings. The molecule has 1 aliphatic rings. The number of carbonyl (C=O) groups is 1. The maximum atomic E-state index is 13.5. The van der Waals surface area contributed by atoms with E-state index in [0.717, 1.165) is 39.1 Å². The van der Waals surface area contributed by atoms with Crippen LogP contribution in [0.2, 0.25) is 0 Å². The number of ether oxygens (including phenoxy) is 1. The van der Waals surface area contributed by atoms with Gasteiger partial charge < -0.3 is 9.30 Å². The monoisotopic (exact) mass is 497 g/mol. The zero-order chi connectivity index (χ0) is 24.9. The van der Waals surface area contributed by atoms with Crippen LogP contribution in [0.15, 0.2) is 95.2 Å². The van der Waals surface area contributed by atoms with Crippen LogP contribution in [0.5, 0.6) is 5.75 Å². The van der Waals surface area contributed by atoms with Gasteiger partial charge in [0.25, 0.3) is 5.91 Å². The minimum atomic E-state index is -0.178. The van der Waals surface area contributed by atoms with Crippen molar-refractivity contribution in [2.45, 2.75) is 31.1 Å². The van der Waals surface area contributed by atoms with Crippen molar-refractivity contribution < 1.29 is 9.53 Å². The van der Waals surface area contributed by atoms with E-state index in [1.807, 2.05) is 84.3 Å². The Labute approximate surface area is 214 Å². The van der Waals surface area contributed by atoms with Crippen LogP contribution in [-0.4, -0.2) is 44.3 Å². The lowest BCUT2D eigenvalue weighted by Crippen LogP contribution is -2.28. The first-order valence-corrected chi connectivity index (χ1v) is 12.8. The summed E-state index contributed by atoms with van der Waals surface area (Å²) < 4.78 is 7.35. The Morgan fingerprint density at radius 2 is 1.67 bits per heavy atom. The predicted molar refractivity (Wildman–Crippen MR) is 141 cm³/mol. The molecular formula is C28H27N5O2S. The highest BCUT2D eigenvalue weighted by Gasteiger charge is 2.33. The molecule has 0 saturated carbocycles. The van der Waals surface area contributed by atoms with Crippen LogP contribution >= 0.6 is 11.8 Å². The summed E-state index contributed by atoms with van der Waals surface area (Å²) in [6, 6.07) is 27.8. The van der Waals surface area contributed by atoms with Crippen LogP contribution in [0.25, 0.3) is 0 Å². The first-order chi connectivity index (χ1) is 17.6. The molecule has 2 heterocycles. The van der Waals surface area contributed by atoms with E-state index in [0.29, 0.717) is 13.0 Å². The molecule has 0 bridgehead atoms. The summed E-state index contributed by atoms with van der Waals surface area (Å²) in [5, 5.41) is 15.7. The zero-order valence-electron chi connectivity index (χ0n) is 20.2. The molecule has 7 nitrogen and oxygen atoms in total. The third-order valence-electron chi connectivity index (χ3n) is 6.18. The molecule has 182 valence electrons. The fourth-order valence-electron chi connectivity index (χ4n) is 4.24. The number of aromatic nitrogens is 3. The van der Waals surface area contributed by atoms with Crippen molar-refractivity contribution in [1.29, 1.82) is 0 Å². The van der Waals surface area contributed by atoms with Gasteiger partial charge in [-0.2, -0.15) is 5.10 Å². The highest BCUT2D eigenvalue weighted by molar-refractivity contribution is 7.99. The third kappa shape index (κ3) is 5.18. The molecular weight excluding hydrogens is 470 g/mol. The normalized spacial score (nSPS) is 15.1. The zero-order valence-corrected chi connectivity index (χ0v) is 21.1. The van der Waals surface area contributed by atoms with Crippen LogP contribution in [0.1, 0.15) is 35.0 Å². The van der Waals surface area contributed by atoms with Gasteiger partial charge >= 0.3 is 0 Å². The predicted octanol–water partition coefficient (Wildman–Crippen LogP) is 5.11. The van der Waals surface area contributed by atoms with Gasteiger partial charge in [0, 0.05) is 6.42 Å². The van der Waals surface area contributed by atoms with Crippen molar-refractivity contribution in [3.63, 3.8) is 0 Å². The molecule has 1 aromatic heterocycles. The van der Waals surface area contributed by atoms with Crippen LogP contribution in [0.3, 0.4) is 0 Å². The summed E-state index contributed by atoms with van der Waals surface area (Å²) in [5.41, 5.74) is 4.10. The molecule has 0 saturated heterocycles. The van der Waals surface area contributed by atoms with Crippen molar-refractivity contribution in [3.05, 3.63) is 107 Å². The smallest absolute Gasteiger partial charge is 0.253 e. The van der Waals surface area contributed by atoms with Gasteiger partial charge in [-0.25, -0.2) is 5.01 Å². The first-order valence-electron chi connectivity index (χ1n) is 11.8. The Balaban J connectivity index is 1.36. The number of methoxy groups -OCH3 is 1. The Kier molecular flexibility index (Phi) is 7.13. The second-order valence-corrected chi connectivity index (χ2v) is 9.48. The Morgan fingerprint density at radius 3 is 2.36 bits per heavy atom. The number of rotatable bonds is 8. The maximum Gasteiger partial charge on any atom is 0.253 e. The molecule has 5 rings (SSSR count). The standard InChI is InChI=1S/C28H27N5O2S/c1-20-29-30-28(32(20)18-21-9-5-3-6-10-21)36-19-27(34)33-26(23-13-15-24(35-2)16-14-23)17-25(31-33)22-11-7-4-8-12-22/h3-16,26H,17-19H2,1-2H3/t26-/m0/s1. The van der Waals surface area contributed by atoms with Crippen LogP contribution in [0, 0.1) is 6.92 Å². The molecule has 0 fully saturated rings. The second kappa shape index (κ2) is 10.8. The largest absolute Gasteiger partial charge is 0.497 e. The van der Waals surface area contributed by atoms with E-state index in [4.69, 9.17) is 9.84 Å². The van der Waals surface area contributed by atoms with Crippen molar-refractivity contribution >= 4 is 23.4 Å². The number of carbonyl (C=O) groups excluding carboxylic acids is 1. The number of hydrazone groups is 1. The summed E-state index contributed by atoms with van der Waals surface area (Å²) in [6.45, 7) is 2.59. The first kappa shape index (κ1) is 23.8. The van der Waals surface area contributed by atoms with Crippen molar-refractivity contribution in [3.8, 4) is 5.75 Å². The SMILES string of the molecule is COc1ccc([C@@H]2CC(c3ccccc3)=NN2C(=O)CSc2nnc(C)n2Cc2ccccc2)cc1. The molecule has 0 unspecified atom stereocenters. The minimum absolute atomic E-state index is 0.0707. The molecule has 1 atom stereocenters. The Bertz CT molecular complexity index is 1350. The molecule has 0 aliphatic carbocycles. The molecule has 8 heteroatoms. The van der Waals surface area contributed by atoms with Crippen LogP contribution < -0.4 is 4.74 Å². The average Bonchev–Trinajstić information content (AvgIpc) is 3.53. The Morgan fingerprint density at radius 1 is 0.972 bits per heavy atom. The van der Waals surface area contributed by atoms with Crippen LogP contribution in [-0.2, 0) is 11.3 Å². The van der Waals surface area contributed by atoms with E-state index in [9.17, 15) is 4.79 Å². The quantitative estimate of drug-likeness (QED) is 0.316. The van der Waals surface area contributed by atoms with E-state index < -0.39 is 0 Å². The highest BCUT2D eigenvalue weighted by Crippen LogP contribution is 2.34. The van der Waals surface area contributed by atoms with E-state index in [1.165, 1.54) is 11.8 Å². The molecule has 0 N–H and O–H groups in total. The number of hydrogen-bond donors (Lipinski definition) is 0. The number of aryl methyl sites for hydroxylation is 1. The van der Waals surface area contributed by atoms with E-state index >= 15 is 0 Å². The third-order valence-corrected chi connectivity index (χ3v) is 7.14. The molecule has 1 aliphatic heterocycles. The van der Waals surface area contributed by atoms with Gasteiger partial charge in [-0.05, 0) is 35.7 Å². The summed E-state index contributed by atoms with van der Waals surface area (Å²) in [6.07, 6.45) is 0.649. The number of nitrogens with zero attached hydrogens (tertiary/aromatic N) is 5. The number of amides is 1. The van der Waals surface area contributed by atoms with Gasteiger partial charge in [0.1, 0.15) is 11.6 Å². The van der Waals surface area contributed by atoms with E-state index in [2.05, 4.69) is 22.3 Å².